The van der Waals surface area contributed by atoms with Crippen molar-refractivity contribution in [2.45, 2.75) is 33.2 Å². The standard InChI is InChI=1S/C25H27Cl2N3O3S/c1-16(2)12-21-24(18-8-9-19(26)20(27)13-18)29-25(34-21)30(15-17-6-4-3-5-7-17)11-10-22(31)28-14-23(32)33/h3-9,13,16H,10-12,14-15H2,1-2H3,(H,28,31)(H,32,33). The van der Waals surface area contributed by atoms with Gasteiger partial charge in [0.15, 0.2) is 5.13 Å². The Morgan fingerprint density at radius 2 is 1.85 bits per heavy atom. The van der Waals surface area contributed by atoms with Crippen molar-refractivity contribution in [2.24, 2.45) is 5.92 Å². The van der Waals surface area contributed by atoms with E-state index in [1.807, 2.05) is 42.5 Å². The van der Waals surface area contributed by atoms with Crippen LogP contribution in [-0.4, -0.2) is 35.1 Å². The highest BCUT2D eigenvalue weighted by Crippen LogP contribution is 2.37. The highest BCUT2D eigenvalue weighted by Gasteiger charge is 2.20. The van der Waals surface area contributed by atoms with Crippen LogP contribution < -0.4 is 10.2 Å². The van der Waals surface area contributed by atoms with Crippen molar-refractivity contribution in [2.75, 3.05) is 18.0 Å². The van der Waals surface area contributed by atoms with Gasteiger partial charge in [0.1, 0.15) is 6.54 Å². The number of aromatic nitrogens is 1. The van der Waals surface area contributed by atoms with Gasteiger partial charge in [0.25, 0.3) is 0 Å². The van der Waals surface area contributed by atoms with E-state index in [1.165, 1.54) is 0 Å². The molecule has 0 spiro atoms. The van der Waals surface area contributed by atoms with Gasteiger partial charge in [0, 0.05) is 30.0 Å². The predicted octanol–water partition coefficient (Wildman–Crippen LogP) is 5.91. The normalized spacial score (nSPS) is 11.0. The van der Waals surface area contributed by atoms with Crippen LogP contribution in [0.5, 0.6) is 0 Å². The molecule has 0 saturated carbocycles. The topological polar surface area (TPSA) is 82.5 Å². The SMILES string of the molecule is CC(C)Cc1sc(N(CCC(=O)NCC(=O)O)Cc2ccccc2)nc1-c1ccc(Cl)c(Cl)c1. The van der Waals surface area contributed by atoms with Gasteiger partial charge < -0.3 is 15.3 Å². The zero-order valence-corrected chi connectivity index (χ0v) is 21.4. The lowest BCUT2D eigenvalue weighted by atomic mass is 10.0. The fourth-order valence-corrected chi connectivity index (χ4v) is 5.02. The van der Waals surface area contributed by atoms with Gasteiger partial charge in [-0.15, -0.1) is 11.3 Å². The lowest BCUT2D eigenvalue weighted by Crippen LogP contribution is -2.33. The first-order valence-electron chi connectivity index (χ1n) is 11.0. The number of benzene rings is 2. The average molecular weight is 520 g/mol. The third-order valence-corrected chi connectivity index (χ3v) is 6.88. The van der Waals surface area contributed by atoms with Crippen molar-refractivity contribution >= 4 is 51.5 Å². The molecule has 3 aromatic rings. The molecule has 3 rings (SSSR count). The summed E-state index contributed by atoms with van der Waals surface area (Å²) >= 11 is 14.0. The fraction of sp³-hybridized carbons (Fsp3) is 0.320. The van der Waals surface area contributed by atoms with E-state index in [9.17, 15) is 9.59 Å². The van der Waals surface area contributed by atoms with Crippen LogP contribution in [0.25, 0.3) is 11.3 Å². The number of carboxylic acid groups (broad SMARTS) is 1. The molecular formula is C25H27Cl2N3O3S. The number of carbonyl (C=O) groups excluding carboxylic acids is 1. The molecule has 2 aromatic carbocycles. The molecule has 1 heterocycles. The summed E-state index contributed by atoms with van der Waals surface area (Å²) in [5, 5.41) is 13.0. The minimum absolute atomic E-state index is 0.154. The number of amides is 1. The molecule has 0 aliphatic rings. The van der Waals surface area contributed by atoms with Crippen molar-refractivity contribution in [3.63, 3.8) is 0 Å². The van der Waals surface area contributed by atoms with Crippen LogP contribution in [0.3, 0.4) is 0 Å². The van der Waals surface area contributed by atoms with Crippen LogP contribution >= 0.6 is 34.5 Å². The molecule has 0 atom stereocenters. The summed E-state index contributed by atoms with van der Waals surface area (Å²) in [7, 11) is 0. The summed E-state index contributed by atoms with van der Waals surface area (Å²) in [5.41, 5.74) is 2.84. The summed E-state index contributed by atoms with van der Waals surface area (Å²) in [4.78, 5) is 31.1. The monoisotopic (exact) mass is 519 g/mol. The first kappa shape index (κ1) is 26.0. The Balaban J connectivity index is 1.93. The number of hydrogen-bond donors (Lipinski definition) is 2. The molecular weight excluding hydrogens is 493 g/mol. The third-order valence-electron chi connectivity index (χ3n) is 5.01. The van der Waals surface area contributed by atoms with Crippen molar-refractivity contribution in [1.29, 1.82) is 0 Å². The number of thiazole rings is 1. The summed E-state index contributed by atoms with van der Waals surface area (Å²) in [6.07, 6.45) is 1.01. The second kappa shape index (κ2) is 12.2. The number of carboxylic acids is 1. The minimum atomic E-state index is -1.07. The molecule has 1 aromatic heterocycles. The molecule has 1 amide bonds. The van der Waals surface area contributed by atoms with E-state index >= 15 is 0 Å². The van der Waals surface area contributed by atoms with Gasteiger partial charge in [0.2, 0.25) is 5.91 Å². The summed E-state index contributed by atoms with van der Waals surface area (Å²) in [6.45, 7) is 4.89. The van der Waals surface area contributed by atoms with E-state index in [4.69, 9.17) is 33.3 Å². The van der Waals surface area contributed by atoms with E-state index in [0.717, 1.165) is 33.3 Å². The molecule has 0 radical (unpaired) electrons. The van der Waals surface area contributed by atoms with E-state index in [2.05, 4.69) is 24.1 Å². The van der Waals surface area contributed by atoms with Gasteiger partial charge in [-0.25, -0.2) is 4.98 Å². The number of anilines is 1. The number of hydrogen-bond acceptors (Lipinski definition) is 5. The van der Waals surface area contributed by atoms with Gasteiger partial charge in [0.05, 0.1) is 15.7 Å². The second-order valence-electron chi connectivity index (χ2n) is 8.32. The summed E-state index contributed by atoms with van der Waals surface area (Å²) in [6, 6.07) is 15.5. The van der Waals surface area contributed by atoms with Crippen molar-refractivity contribution in [1.82, 2.24) is 10.3 Å². The number of halogens is 2. The third kappa shape index (κ3) is 7.45. The lowest BCUT2D eigenvalue weighted by Gasteiger charge is -2.22. The van der Waals surface area contributed by atoms with Crippen LogP contribution in [0.2, 0.25) is 10.0 Å². The average Bonchev–Trinajstić information content (AvgIpc) is 3.20. The molecule has 0 unspecified atom stereocenters. The van der Waals surface area contributed by atoms with Crippen LogP contribution in [-0.2, 0) is 22.6 Å². The Bertz CT molecular complexity index is 1140. The van der Waals surface area contributed by atoms with E-state index in [-0.39, 0.29) is 12.3 Å². The number of nitrogens with zero attached hydrogens (tertiary/aromatic N) is 2. The molecule has 180 valence electrons. The van der Waals surface area contributed by atoms with Crippen LogP contribution in [0, 0.1) is 5.92 Å². The van der Waals surface area contributed by atoms with Crippen LogP contribution in [0.1, 0.15) is 30.7 Å². The van der Waals surface area contributed by atoms with E-state index in [0.29, 0.717) is 29.1 Å². The molecule has 6 nitrogen and oxygen atoms in total. The Kier molecular flexibility index (Phi) is 9.33. The van der Waals surface area contributed by atoms with Gasteiger partial charge in [-0.1, -0.05) is 73.4 Å². The number of carbonyl (C=O) groups is 2. The summed E-state index contributed by atoms with van der Waals surface area (Å²) in [5.74, 6) is -0.956. The maximum absolute atomic E-state index is 12.2. The number of rotatable bonds is 11. The van der Waals surface area contributed by atoms with Crippen molar-refractivity contribution in [3.05, 3.63) is 69.0 Å². The Labute approximate surface area is 213 Å². The number of nitrogens with one attached hydrogen (secondary N) is 1. The van der Waals surface area contributed by atoms with Gasteiger partial charge >= 0.3 is 5.97 Å². The molecule has 0 fully saturated rings. The molecule has 0 bridgehead atoms. The zero-order chi connectivity index (χ0) is 24.7. The van der Waals surface area contributed by atoms with Crippen molar-refractivity contribution < 1.29 is 14.7 Å². The molecule has 0 aliphatic carbocycles. The smallest absolute Gasteiger partial charge is 0.322 e. The predicted molar refractivity (Wildman–Crippen MR) is 139 cm³/mol. The van der Waals surface area contributed by atoms with Gasteiger partial charge in [-0.2, -0.15) is 0 Å². The Hall–Kier alpha value is -2.61. The maximum atomic E-state index is 12.2. The zero-order valence-electron chi connectivity index (χ0n) is 19.1. The molecule has 2 N–H and O–H groups in total. The van der Waals surface area contributed by atoms with Gasteiger partial charge in [-0.05, 0) is 30.0 Å². The quantitative estimate of drug-likeness (QED) is 0.328. The Morgan fingerprint density at radius 1 is 1.12 bits per heavy atom. The lowest BCUT2D eigenvalue weighted by molar-refractivity contribution is -0.137. The maximum Gasteiger partial charge on any atom is 0.322 e. The number of aliphatic carboxylic acids is 1. The fourth-order valence-electron chi connectivity index (χ4n) is 3.40. The minimum Gasteiger partial charge on any atom is -0.480 e. The van der Waals surface area contributed by atoms with Gasteiger partial charge in [-0.3, -0.25) is 9.59 Å². The summed E-state index contributed by atoms with van der Waals surface area (Å²) < 4.78 is 0. The Morgan fingerprint density at radius 3 is 2.50 bits per heavy atom. The van der Waals surface area contributed by atoms with E-state index in [1.54, 1.807) is 17.4 Å². The van der Waals surface area contributed by atoms with Crippen molar-refractivity contribution in [3.8, 4) is 11.3 Å². The highest BCUT2D eigenvalue weighted by molar-refractivity contribution is 7.16. The largest absolute Gasteiger partial charge is 0.480 e. The first-order valence-corrected chi connectivity index (χ1v) is 12.5. The van der Waals surface area contributed by atoms with E-state index < -0.39 is 12.5 Å². The molecule has 0 saturated heterocycles. The second-order valence-corrected chi connectivity index (χ2v) is 10.2. The first-order chi connectivity index (χ1) is 16.2. The molecule has 0 aliphatic heterocycles. The molecule has 34 heavy (non-hydrogen) atoms. The van der Waals surface area contributed by atoms with Crippen LogP contribution in [0.4, 0.5) is 5.13 Å². The highest BCUT2D eigenvalue weighted by atomic mass is 35.5. The molecule has 9 heteroatoms. The van der Waals surface area contributed by atoms with Crippen LogP contribution in [0.15, 0.2) is 48.5 Å².